The van der Waals surface area contributed by atoms with Crippen molar-refractivity contribution in [3.05, 3.63) is 39.9 Å². The molecule has 0 N–H and O–H groups in total. The summed E-state index contributed by atoms with van der Waals surface area (Å²) in [5.74, 6) is -2.43. The molecule has 33 heavy (non-hydrogen) atoms. The van der Waals surface area contributed by atoms with E-state index in [1.807, 2.05) is 4.90 Å². The minimum Gasteiger partial charge on any atom is -0.549 e. The van der Waals surface area contributed by atoms with Crippen molar-refractivity contribution in [1.82, 2.24) is 19.6 Å². The van der Waals surface area contributed by atoms with Gasteiger partial charge in [0.25, 0.3) is 5.69 Å². The molecule has 2 rings (SSSR count). The molecule has 0 bridgehead atoms. The predicted octanol–water partition coefficient (Wildman–Crippen LogP) is -2.98. The lowest BCUT2D eigenvalue weighted by Gasteiger charge is -2.34. The zero-order valence-corrected chi connectivity index (χ0v) is 18.5. The van der Waals surface area contributed by atoms with Crippen LogP contribution in [0.15, 0.2) is 24.3 Å². The van der Waals surface area contributed by atoms with Crippen molar-refractivity contribution in [2.75, 3.05) is 72.0 Å². The summed E-state index contributed by atoms with van der Waals surface area (Å²) in [7, 11) is 0. The summed E-state index contributed by atoms with van der Waals surface area (Å²) in [5.41, 5.74) is 0.882. The van der Waals surface area contributed by atoms with E-state index in [2.05, 4.69) is 4.90 Å². The van der Waals surface area contributed by atoms with Gasteiger partial charge in [-0.2, -0.15) is 0 Å². The van der Waals surface area contributed by atoms with Crippen LogP contribution in [0.3, 0.4) is 0 Å². The van der Waals surface area contributed by atoms with Gasteiger partial charge < -0.3 is 24.6 Å². The number of non-ortho nitro benzene ring substituents is 1. The second kappa shape index (κ2) is 13.6. The van der Waals surface area contributed by atoms with Crippen molar-refractivity contribution >= 4 is 23.9 Å². The van der Waals surface area contributed by atoms with E-state index < -0.39 is 16.9 Å². The van der Waals surface area contributed by atoms with Gasteiger partial charge in [-0.15, -0.1) is 0 Å². The second-order valence-electron chi connectivity index (χ2n) is 7.96. The molecule has 182 valence electrons. The molecule has 1 fully saturated rings. The summed E-state index contributed by atoms with van der Waals surface area (Å²) >= 11 is 0. The van der Waals surface area contributed by atoms with Crippen LogP contribution < -0.4 is 10.2 Å². The topological polar surface area (TPSA) is 153 Å². The number of rotatable bonds is 9. The van der Waals surface area contributed by atoms with Gasteiger partial charge in [-0.3, -0.25) is 29.7 Å². The van der Waals surface area contributed by atoms with Gasteiger partial charge in [-0.25, -0.2) is 0 Å². The Labute approximate surface area is 192 Å². The number of nitrogens with zero attached hydrogens (tertiary/aromatic N) is 5. The van der Waals surface area contributed by atoms with E-state index >= 15 is 0 Å². The number of carbonyl (C=O) groups is 3. The summed E-state index contributed by atoms with van der Waals surface area (Å²) in [6, 6.07) is 6.26. The number of carbonyl (C=O) groups excluding carboxylic acids is 3. The van der Waals surface area contributed by atoms with E-state index in [0.29, 0.717) is 58.9 Å². The van der Waals surface area contributed by atoms with Gasteiger partial charge in [-0.05, 0) is 5.56 Å². The van der Waals surface area contributed by atoms with E-state index in [1.165, 1.54) is 12.1 Å². The van der Waals surface area contributed by atoms with Crippen molar-refractivity contribution in [3.63, 3.8) is 0 Å². The van der Waals surface area contributed by atoms with Crippen LogP contribution in [0.25, 0.3) is 0 Å². The fraction of sp³-hybridized carbons (Fsp3) is 0.571. The lowest BCUT2D eigenvalue weighted by molar-refractivity contribution is -0.384. The van der Waals surface area contributed by atoms with Gasteiger partial charge in [0.2, 0.25) is 0 Å². The van der Waals surface area contributed by atoms with E-state index in [-0.39, 0.29) is 25.3 Å². The first-order valence-electron chi connectivity index (χ1n) is 10.7. The summed E-state index contributed by atoms with van der Waals surface area (Å²) in [5, 5.41) is 33.2. The highest BCUT2D eigenvalue weighted by Crippen LogP contribution is 2.14. The van der Waals surface area contributed by atoms with Crippen LogP contribution in [-0.2, 0) is 20.9 Å². The Morgan fingerprint density at radius 2 is 1.21 bits per heavy atom. The SMILES string of the molecule is O=CCN1CCN(CC(=O)[O-])CCN(CC(=O)[O-])CCN(Cc2ccc([N+](=O)[O-])cc2)CC1. The number of hydrogen-bond donors (Lipinski definition) is 0. The van der Waals surface area contributed by atoms with Crippen molar-refractivity contribution in [3.8, 4) is 0 Å². The molecule has 0 amide bonds. The normalized spacial score (nSPS) is 18.2. The van der Waals surface area contributed by atoms with Crippen molar-refractivity contribution in [2.24, 2.45) is 0 Å². The average Bonchev–Trinajstić information content (AvgIpc) is 2.75. The Morgan fingerprint density at radius 1 is 0.788 bits per heavy atom. The maximum atomic E-state index is 11.2. The summed E-state index contributed by atoms with van der Waals surface area (Å²) in [6.45, 7) is 3.73. The van der Waals surface area contributed by atoms with E-state index in [0.717, 1.165) is 11.8 Å². The molecule has 12 heteroatoms. The molecule has 0 atom stereocenters. The number of hydrogen-bond acceptors (Lipinski definition) is 11. The fourth-order valence-electron chi connectivity index (χ4n) is 3.69. The van der Waals surface area contributed by atoms with Crippen LogP contribution in [0, 0.1) is 10.1 Å². The largest absolute Gasteiger partial charge is 0.549 e. The van der Waals surface area contributed by atoms with Crippen molar-refractivity contribution in [2.45, 2.75) is 6.54 Å². The smallest absolute Gasteiger partial charge is 0.269 e. The average molecular weight is 463 g/mol. The molecule has 12 nitrogen and oxygen atoms in total. The Hall–Kier alpha value is -2.93. The Morgan fingerprint density at radius 3 is 1.61 bits per heavy atom. The van der Waals surface area contributed by atoms with E-state index in [4.69, 9.17) is 0 Å². The van der Waals surface area contributed by atoms with Crippen molar-refractivity contribution < 1.29 is 29.5 Å². The molecule has 0 aromatic heterocycles. The quantitative estimate of drug-likeness (QED) is 0.209. The highest BCUT2D eigenvalue weighted by atomic mass is 16.6. The maximum absolute atomic E-state index is 11.2. The van der Waals surface area contributed by atoms with Gasteiger partial charge in [-0.1, -0.05) is 12.1 Å². The van der Waals surface area contributed by atoms with Crippen molar-refractivity contribution in [1.29, 1.82) is 0 Å². The standard InChI is InChI=1S/C21H31N5O7/c27-14-13-22-5-7-23(15-18-1-3-19(4-2-18)26(32)33)9-10-25(17-21(30)31)12-11-24(8-6-22)16-20(28)29/h1-4,14H,5-13,15-17H2,(H,28,29)(H,30,31)/p-2. The molecule has 1 aromatic carbocycles. The molecular weight excluding hydrogens is 434 g/mol. The molecule has 1 aliphatic rings. The minimum absolute atomic E-state index is 0.00541. The number of nitro groups is 1. The van der Waals surface area contributed by atoms with Gasteiger partial charge >= 0.3 is 0 Å². The highest BCUT2D eigenvalue weighted by Gasteiger charge is 2.17. The molecule has 0 unspecified atom stereocenters. The Kier molecular flexibility index (Phi) is 10.8. The van der Waals surface area contributed by atoms with E-state index in [9.17, 15) is 34.7 Å². The van der Waals surface area contributed by atoms with Gasteiger partial charge in [0.05, 0.1) is 23.4 Å². The predicted molar refractivity (Wildman–Crippen MR) is 114 cm³/mol. The van der Waals surface area contributed by atoms with Crippen LogP contribution >= 0.6 is 0 Å². The van der Waals surface area contributed by atoms with Crippen LogP contribution in [0.5, 0.6) is 0 Å². The zero-order chi connectivity index (χ0) is 24.2. The number of carboxylic acid groups (broad SMARTS) is 2. The highest BCUT2D eigenvalue weighted by molar-refractivity contribution is 5.67. The molecule has 0 radical (unpaired) electrons. The third-order valence-electron chi connectivity index (χ3n) is 5.52. The molecule has 0 saturated carbocycles. The molecule has 0 aliphatic carbocycles. The number of aldehydes is 1. The summed E-state index contributed by atoms with van der Waals surface area (Å²) < 4.78 is 0. The summed E-state index contributed by atoms with van der Waals surface area (Å²) in [6.07, 6.45) is 0.803. The van der Waals surface area contributed by atoms with Crippen LogP contribution in [-0.4, -0.2) is 115 Å². The third-order valence-corrected chi connectivity index (χ3v) is 5.52. The lowest BCUT2D eigenvalue weighted by Crippen LogP contribution is -2.50. The number of nitro benzene ring substituents is 1. The molecular formula is C21H29N5O7-2. The first kappa shape index (κ1) is 26.3. The minimum atomic E-state index is -1.22. The second-order valence-corrected chi connectivity index (χ2v) is 7.96. The first-order valence-corrected chi connectivity index (χ1v) is 10.7. The van der Waals surface area contributed by atoms with Gasteiger partial charge in [0.15, 0.2) is 0 Å². The van der Waals surface area contributed by atoms with Crippen LogP contribution in [0.2, 0.25) is 0 Å². The fourth-order valence-corrected chi connectivity index (χ4v) is 3.69. The van der Waals surface area contributed by atoms with Crippen LogP contribution in [0.4, 0.5) is 5.69 Å². The Balaban J connectivity index is 2.14. The summed E-state index contributed by atoms with van der Waals surface area (Å²) in [4.78, 5) is 51.2. The number of aliphatic carboxylic acids is 2. The molecule has 1 aromatic rings. The Bertz CT molecular complexity index is 805. The van der Waals surface area contributed by atoms with E-state index in [1.54, 1.807) is 21.9 Å². The molecule has 0 spiro atoms. The number of carboxylic acids is 2. The molecule has 1 heterocycles. The molecule has 1 aliphatic heterocycles. The molecule has 1 saturated heterocycles. The lowest BCUT2D eigenvalue weighted by atomic mass is 10.2. The first-order chi connectivity index (χ1) is 15.8. The monoisotopic (exact) mass is 463 g/mol. The third kappa shape index (κ3) is 10.0. The van der Waals surface area contributed by atoms with Gasteiger partial charge in [0.1, 0.15) is 6.29 Å². The van der Waals surface area contributed by atoms with Gasteiger partial charge in [0, 0.05) is 84.1 Å². The van der Waals surface area contributed by atoms with Crippen LogP contribution in [0.1, 0.15) is 5.56 Å². The zero-order valence-electron chi connectivity index (χ0n) is 18.5. The maximum Gasteiger partial charge on any atom is 0.269 e. The number of benzene rings is 1.